The maximum absolute atomic E-state index is 13.4. The van der Waals surface area contributed by atoms with E-state index in [4.69, 9.17) is 33.3 Å². The average molecular weight is 697 g/mol. The molecule has 2 aliphatic heterocycles. The van der Waals surface area contributed by atoms with Crippen molar-refractivity contribution in [3.8, 4) is 0 Å². The molecule has 8 bridgehead atoms. The van der Waals surface area contributed by atoms with Crippen molar-refractivity contribution in [2.45, 2.75) is 72.1 Å². The third kappa shape index (κ3) is 5.31. The third-order valence-corrected chi connectivity index (χ3v) is 9.08. The van der Waals surface area contributed by atoms with Crippen LogP contribution in [-0.2, 0) is 16.0 Å². The molecule has 3 aromatic heterocycles. The van der Waals surface area contributed by atoms with E-state index in [9.17, 15) is 9.59 Å². The van der Waals surface area contributed by atoms with Crippen LogP contribution in [0.4, 0.5) is 0 Å². The van der Waals surface area contributed by atoms with E-state index in [1.807, 2.05) is 31.2 Å². The van der Waals surface area contributed by atoms with E-state index >= 15 is 0 Å². The molecule has 0 spiro atoms. The minimum absolute atomic E-state index is 0.0167. The monoisotopic (exact) mass is 696 g/mol. The number of aryl methyl sites for hydroxylation is 2. The molecule has 0 unspecified atom stereocenters. The van der Waals surface area contributed by atoms with Crippen molar-refractivity contribution < 1.29 is 14.3 Å². The van der Waals surface area contributed by atoms with Crippen molar-refractivity contribution in [1.29, 1.82) is 0 Å². The number of methoxy groups -OCH3 is 1. The Labute approximate surface area is 270 Å². The van der Waals surface area contributed by atoms with Crippen LogP contribution in [0.3, 0.4) is 0 Å². The van der Waals surface area contributed by atoms with E-state index in [-0.39, 0.29) is 36.4 Å². The summed E-state index contributed by atoms with van der Waals surface area (Å²) in [6.45, 7) is 14.4. The number of halogens is 1. The fourth-order valence-electron chi connectivity index (χ4n) is 6.64. The molecule has 2 atom stereocenters. The van der Waals surface area contributed by atoms with Crippen LogP contribution in [0.5, 0.6) is 0 Å². The summed E-state index contributed by atoms with van der Waals surface area (Å²) in [5, 5.41) is 0. The minimum atomic E-state index is -0.257. The van der Waals surface area contributed by atoms with Gasteiger partial charge >= 0.3 is 37.7 Å². The molecular formula is C34H34ClInN4O3-2. The molecule has 43 heavy (non-hydrogen) atoms. The number of ketones is 1. The summed E-state index contributed by atoms with van der Waals surface area (Å²) >= 11 is 0.822. The van der Waals surface area contributed by atoms with Crippen molar-refractivity contribution in [1.82, 2.24) is 19.9 Å². The summed E-state index contributed by atoms with van der Waals surface area (Å²) in [7, 11) is 6.18. The first kappa shape index (κ1) is 31.3. The van der Waals surface area contributed by atoms with E-state index in [2.05, 4.69) is 34.3 Å². The zero-order chi connectivity index (χ0) is 31.2. The molecule has 9 heteroatoms. The summed E-state index contributed by atoms with van der Waals surface area (Å²) in [4.78, 5) is 45.8. The molecule has 0 aromatic carbocycles. The molecule has 0 saturated heterocycles. The Kier molecular flexibility index (Phi) is 9.10. The van der Waals surface area contributed by atoms with E-state index in [1.165, 1.54) is 7.11 Å². The van der Waals surface area contributed by atoms with Gasteiger partial charge in [-0.15, -0.1) is 22.1 Å². The number of hydrogen-bond acceptors (Lipinski definition) is 5. The van der Waals surface area contributed by atoms with Crippen LogP contribution in [0.2, 0.25) is 0 Å². The van der Waals surface area contributed by atoms with E-state index < -0.39 is 0 Å². The molecule has 7 nitrogen and oxygen atoms in total. The van der Waals surface area contributed by atoms with Gasteiger partial charge in [0, 0.05) is 41.6 Å². The fraction of sp³-hybridized carbons (Fsp3) is 0.353. The maximum atomic E-state index is 13.4. The van der Waals surface area contributed by atoms with E-state index in [1.54, 1.807) is 0 Å². The van der Waals surface area contributed by atoms with E-state index in [0.717, 1.165) is 102 Å². The molecule has 3 aliphatic rings. The Hall–Kier alpha value is -3.10. The SMILES string of the molecule is C=Cc1c(C)c2cc3nc(c4c5[n-]c(cc6nc(cc1[n-]2)C(C)=C6CC)c(C)c5C(=O)C4)[C@@H](CCC(=O)OC)[C@@H]3C.[Cl][In]. The summed E-state index contributed by atoms with van der Waals surface area (Å²) < 4.78 is 4.95. The van der Waals surface area contributed by atoms with Crippen LogP contribution in [0.15, 0.2) is 24.8 Å². The third-order valence-electron chi connectivity index (χ3n) is 9.08. The van der Waals surface area contributed by atoms with Gasteiger partial charge in [-0.2, -0.15) is 0 Å². The number of nitrogens with zero attached hydrogens (tertiary/aromatic N) is 4. The molecule has 1 aliphatic carbocycles. The van der Waals surface area contributed by atoms with Crippen molar-refractivity contribution >= 4 is 82.8 Å². The molecule has 0 saturated carbocycles. The number of hydrogen-bond donors (Lipinski definition) is 0. The zero-order valence-corrected chi connectivity index (χ0v) is 29.5. The van der Waals surface area contributed by atoms with Crippen LogP contribution in [-0.4, -0.2) is 52.0 Å². The first-order chi connectivity index (χ1) is 20.7. The quantitative estimate of drug-likeness (QED) is 0.264. The molecule has 6 rings (SSSR count). The molecule has 5 heterocycles. The summed E-state index contributed by atoms with van der Waals surface area (Å²) in [6.07, 6.45) is 3.78. The summed E-state index contributed by atoms with van der Waals surface area (Å²) in [5.74, 6) is -0.233. The number of carbonyl (C=O) groups is 2. The second kappa shape index (κ2) is 12.5. The van der Waals surface area contributed by atoms with Gasteiger partial charge < -0.3 is 14.7 Å². The van der Waals surface area contributed by atoms with Gasteiger partial charge in [-0.25, -0.2) is 4.98 Å². The zero-order valence-electron chi connectivity index (χ0n) is 25.5. The van der Waals surface area contributed by atoms with Crippen LogP contribution in [0.25, 0.3) is 39.3 Å². The Balaban J connectivity index is 0.00000180. The Morgan fingerprint density at radius 1 is 1.09 bits per heavy atom. The second-order valence-electron chi connectivity index (χ2n) is 11.3. The van der Waals surface area contributed by atoms with Gasteiger partial charge in [0.05, 0.1) is 18.5 Å². The van der Waals surface area contributed by atoms with Gasteiger partial charge in [0.2, 0.25) is 0 Å². The van der Waals surface area contributed by atoms with Gasteiger partial charge in [-0.3, -0.25) is 14.6 Å². The van der Waals surface area contributed by atoms with Crippen LogP contribution >= 0.6 is 8.58 Å². The molecule has 220 valence electrons. The van der Waals surface area contributed by atoms with Gasteiger partial charge in [0.1, 0.15) is 0 Å². The van der Waals surface area contributed by atoms with Crippen molar-refractivity contribution in [3.05, 3.63) is 75.4 Å². The van der Waals surface area contributed by atoms with Crippen LogP contribution in [0, 0.1) is 13.8 Å². The second-order valence-corrected chi connectivity index (χ2v) is 11.3. The van der Waals surface area contributed by atoms with Crippen molar-refractivity contribution in [3.63, 3.8) is 0 Å². The Morgan fingerprint density at radius 2 is 1.79 bits per heavy atom. The predicted octanol–water partition coefficient (Wildman–Crippen LogP) is 7.06. The molecular weight excluding hydrogens is 663 g/mol. The van der Waals surface area contributed by atoms with Gasteiger partial charge in [-0.1, -0.05) is 55.8 Å². The normalized spacial score (nSPS) is 17.1. The number of carbonyl (C=O) groups excluding carboxylic acids is 2. The van der Waals surface area contributed by atoms with Gasteiger partial charge in [0.15, 0.2) is 5.78 Å². The van der Waals surface area contributed by atoms with E-state index in [0.29, 0.717) is 17.5 Å². The molecule has 0 N–H and O–H groups in total. The predicted molar refractivity (Wildman–Crippen MR) is 173 cm³/mol. The Morgan fingerprint density at radius 3 is 2.47 bits per heavy atom. The topological polar surface area (TPSA) is 97.4 Å². The first-order valence-corrected chi connectivity index (χ1v) is 18.6. The first-order valence-electron chi connectivity index (χ1n) is 14.5. The number of rotatable bonds is 5. The Bertz CT molecular complexity index is 1870. The van der Waals surface area contributed by atoms with Crippen LogP contribution in [0.1, 0.15) is 107 Å². The van der Waals surface area contributed by atoms with Gasteiger partial charge in [0.25, 0.3) is 0 Å². The molecule has 0 amide bonds. The standard InChI is InChI=1S/C34H35N4O3.ClH.In/c1-8-20-16(3)24-13-26-18(5)22(10-11-31(40)41-7)33(37-26)23-12-30(39)32-19(6)27(38-34(23)32)15-29-21(9-2)17(4)25(36-29)14-28(20)35-24;;/h8,13-15,18,22H,1,9-12H2,2-7H3,(H-,35,36,37,38,39);1H;/q-1;;+1/p-2/t18-,22-;;/m0../s1. The fourth-order valence-corrected chi connectivity index (χ4v) is 6.64. The molecule has 0 fully saturated rings. The van der Waals surface area contributed by atoms with Crippen molar-refractivity contribution in [2.75, 3.05) is 7.11 Å². The number of aromatic nitrogens is 4. The number of esters is 1. The molecule has 3 aromatic rings. The summed E-state index contributed by atoms with van der Waals surface area (Å²) in [6, 6.07) is 6.09. The van der Waals surface area contributed by atoms with Gasteiger partial charge in [-0.05, 0) is 55.9 Å². The van der Waals surface area contributed by atoms with Crippen LogP contribution < -0.4 is 9.97 Å². The van der Waals surface area contributed by atoms with Crippen molar-refractivity contribution in [2.24, 2.45) is 0 Å². The number of ether oxygens (including phenoxy) is 1. The number of Topliss-reactive ketones (excluding diaryl/α,β-unsaturated/α-hetero) is 1. The average Bonchev–Trinajstić information content (AvgIpc) is 3.75. The number of fused-ring (bicyclic) bond motifs is 8. The molecule has 2 radical (unpaired) electrons. The number of allylic oxidation sites excluding steroid dienone is 2. The summed E-state index contributed by atoms with van der Waals surface area (Å²) in [5.41, 5.74) is 13.3.